The molecule has 2 heterocycles. The van der Waals surface area contributed by atoms with E-state index in [-0.39, 0.29) is 29.4 Å². The quantitative estimate of drug-likeness (QED) is 0.549. The highest BCUT2D eigenvalue weighted by Gasteiger charge is 2.51. The van der Waals surface area contributed by atoms with Crippen molar-refractivity contribution in [2.45, 2.75) is 64.3 Å². The Morgan fingerprint density at radius 2 is 2.00 bits per heavy atom. The normalized spacial score (nSPS) is 28.1. The van der Waals surface area contributed by atoms with Crippen molar-refractivity contribution in [2.75, 3.05) is 6.61 Å². The van der Waals surface area contributed by atoms with Crippen molar-refractivity contribution < 1.29 is 14.2 Å². The first-order chi connectivity index (χ1) is 11.5. The topological polar surface area (TPSA) is 82.6 Å². The molecule has 1 fully saturated rings. The fraction of sp³-hybridized carbons (Fsp3) is 0.647. The summed E-state index contributed by atoms with van der Waals surface area (Å²) in [6.07, 6.45) is 2.89. The van der Waals surface area contributed by atoms with Gasteiger partial charge in [-0.05, 0) is 62.8 Å². The van der Waals surface area contributed by atoms with Crippen molar-refractivity contribution in [3.63, 3.8) is 0 Å². The lowest BCUT2D eigenvalue weighted by molar-refractivity contribution is -0.148. The number of fused-ring (bicyclic) bond motifs is 1. The molecule has 138 valence electrons. The predicted octanol–water partition coefficient (Wildman–Crippen LogP) is 1.96. The molecular formula is C17H23IN2O5. The van der Waals surface area contributed by atoms with Crippen LogP contribution in [-0.4, -0.2) is 39.8 Å². The number of nitrogens with zero attached hydrogens (tertiary/aromatic N) is 1. The fourth-order valence-electron chi connectivity index (χ4n) is 3.09. The molecule has 1 aliphatic heterocycles. The summed E-state index contributed by atoms with van der Waals surface area (Å²) in [5, 5.41) is 0. The minimum Gasteiger partial charge on any atom is -0.371 e. The number of ether oxygens (including phenoxy) is 3. The molecule has 3 atom stereocenters. The van der Waals surface area contributed by atoms with E-state index in [1.54, 1.807) is 6.20 Å². The second kappa shape index (κ2) is 6.33. The summed E-state index contributed by atoms with van der Waals surface area (Å²) in [6, 6.07) is -0.358. The lowest BCUT2D eigenvalue weighted by Crippen LogP contribution is -2.38. The number of H-pyrrole nitrogens is 1. The minimum absolute atomic E-state index is 0.279. The molecule has 1 N–H and O–H groups in total. The highest BCUT2D eigenvalue weighted by molar-refractivity contribution is 14.1. The lowest BCUT2D eigenvalue weighted by Gasteiger charge is -2.23. The second-order valence-corrected chi connectivity index (χ2v) is 8.96. The largest absolute Gasteiger partial charge is 0.371 e. The highest BCUT2D eigenvalue weighted by atomic mass is 127. The summed E-state index contributed by atoms with van der Waals surface area (Å²) in [5.74, 6) is -0.742. The number of nitrogens with one attached hydrogen (secondary N) is 1. The third-order valence-corrected chi connectivity index (χ3v) is 4.90. The van der Waals surface area contributed by atoms with E-state index in [1.165, 1.54) is 4.57 Å². The molecule has 1 aliphatic carbocycles. The van der Waals surface area contributed by atoms with E-state index in [0.29, 0.717) is 10.2 Å². The molecule has 0 saturated carbocycles. The average Bonchev–Trinajstić information content (AvgIpc) is 2.93. The molecule has 7 nitrogen and oxygen atoms in total. The van der Waals surface area contributed by atoms with Gasteiger partial charge < -0.3 is 14.2 Å². The Balaban J connectivity index is 1.98. The zero-order valence-electron chi connectivity index (χ0n) is 15.0. The molecule has 0 unspecified atom stereocenters. The van der Waals surface area contributed by atoms with Gasteiger partial charge in [0.2, 0.25) is 0 Å². The lowest BCUT2D eigenvalue weighted by atomic mass is 10.1. The van der Waals surface area contributed by atoms with Crippen LogP contribution < -0.4 is 11.2 Å². The molecule has 2 aliphatic rings. The first kappa shape index (κ1) is 18.8. The SMILES string of the molecule is CC(C)(C)OCC1=C[C@@H](n2cc(I)c(=O)[nH]c2=O)[C@@H]2OC(C)(C)O[C@H]12. The van der Waals surface area contributed by atoms with Gasteiger partial charge in [0.1, 0.15) is 12.2 Å². The summed E-state index contributed by atoms with van der Waals surface area (Å²) in [5.41, 5.74) is -0.186. The molecular weight excluding hydrogens is 439 g/mol. The van der Waals surface area contributed by atoms with E-state index in [2.05, 4.69) is 4.98 Å². The molecule has 0 amide bonds. The van der Waals surface area contributed by atoms with E-state index in [1.807, 2.05) is 63.3 Å². The minimum atomic E-state index is -0.742. The first-order valence-corrected chi connectivity index (χ1v) is 9.26. The Kier molecular flexibility index (Phi) is 4.76. The standard InChI is InChI=1S/C17H23IN2O5/c1-16(2,3)23-8-9-6-11(13-12(9)24-17(4,5)25-13)20-7-10(18)14(21)19-15(20)22/h6-7,11-13H,8H2,1-5H3,(H,19,21,22)/t11-,12-,13+/m1/s1. The van der Waals surface area contributed by atoms with Crippen LogP contribution >= 0.6 is 22.6 Å². The molecule has 0 aromatic carbocycles. The average molecular weight is 462 g/mol. The molecule has 0 radical (unpaired) electrons. The van der Waals surface area contributed by atoms with Crippen molar-refractivity contribution in [1.82, 2.24) is 9.55 Å². The van der Waals surface area contributed by atoms with Gasteiger partial charge in [0.15, 0.2) is 5.79 Å². The third kappa shape index (κ3) is 3.91. The molecule has 1 aromatic rings. The van der Waals surface area contributed by atoms with Gasteiger partial charge in [0.25, 0.3) is 5.56 Å². The van der Waals surface area contributed by atoms with Gasteiger partial charge in [-0.25, -0.2) is 4.79 Å². The summed E-state index contributed by atoms with van der Waals surface area (Å²) in [4.78, 5) is 26.3. The molecule has 0 spiro atoms. The molecule has 25 heavy (non-hydrogen) atoms. The van der Waals surface area contributed by atoms with Crippen LogP contribution in [0.4, 0.5) is 0 Å². The molecule has 0 bridgehead atoms. The number of aromatic nitrogens is 2. The maximum Gasteiger partial charge on any atom is 0.329 e. The zero-order valence-corrected chi connectivity index (χ0v) is 17.1. The number of rotatable bonds is 3. The Labute approximate surface area is 159 Å². The van der Waals surface area contributed by atoms with Gasteiger partial charge in [-0.2, -0.15) is 0 Å². The van der Waals surface area contributed by atoms with Crippen LogP contribution in [0.5, 0.6) is 0 Å². The Morgan fingerprint density at radius 1 is 1.32 bits per heavy atom. The highest BCUT2D eigenvalue weighted by Crippen LogP contribution is 2.43. The maximum absolute atomic E-state index is 12.3. The molecule has 8 heteroatoms. The van der Waals surface area contributed by atoms with Crippen molar-refractivity contribution >= 4 is 22.6 Å². The molecule has 1 saturated heterocycles. The molecule has 1 aromatic heterocycles. The van der Waals surface area contributed by atoms with Gasteiger partial charge in [-0.3, -0.25) is 14.3 Å². The van der Waals surface area contributed by atoms with Crippen LogP contribution in [0.15, 0.2) is 27.4 Å². The summed E-state index contributed by atoms with van der Waals surface area (Å²) < 4.78 is 19.9. The summed E-state index contributed by atoms with van der Waals surface area (Å²) >= 11 is 1.91. The van der Waals surface area contributed by atoms with Crippen LogP contribution in [-0.2, 0) is 14.2 Å². The van der Waals surface area contributed by atoms with Crippen molar-refractivity contribution in [3.8, 4) is 0 Å². The summed E-state index contributed by atoms with van der Waals surface area (Å²) in [7, 11) is 0. The summed E-state index contributed by atoms with van der Waals surface area (Å²) in [6.45, 7) is 10.1. The van der Waals surface area contributed by atoms with E-state index >= 15 is 0 Å². The van der Waals surface area contributed by atoms with E-state index in [0.717, 1.165) is 5.57 Å². The second-order valence-electron chi connectivity index (χ2n) is 7.80. The van der Waals surface area contributed by atoms with Gasteiger partial charge >= 0.3 is 5.69 Å². The van der Waals surface area contributed by atoms with Crippen LogP contribution in [0.25, 0.3) is 0 Å². The van der Waals surface area contributed by atoms with Crippen LogP contribution in [0.3, 0.4) is 0 Å². The fourth-order valence-corrected chi connectivity index (χ4v) is 3.52. The van der Waals surface area contributed by atoms with Crippen molar-refractivity contribution in [3.05, 3.63) is 42.3 Å². The van der Waals surface area contributed by atoms with Gasteiger partial charge in [0, 0.05) is 6.20 Å². The number of hydrogen-bond acceptors (Lipinski definition) is 5. The van der Waals surface area contributed by atoms with Crippen LogP contribution in [0.1, 0.15) is 40.7 Å². The number of hydrogen-bond donors (Lipinski definition) is 1. The van der Waals surface area contributed by atoms with Crippen molar-refractivity contribution in [2.24, 2.45) is 0 Å². The Hall–Kier alpha value is -0.970. The monoisotopic (exact) mass is 462 g/mol. The van der Waals surface area contributed by atoms with E-state index < -0.39 is 11.5 Å². The van der Waals surface area contributed by atoms with Crippen LogP contribution in [0, 0.1) is 3.57 Å². The smallest absolute Gasteiger partial charge is 0.329 e. The maximum atomic E-state index is 12.3. The first-order valence-electron chi connectivity index (χ1n) is 8.18. The zero-order chi connectivity index (χ0) is 18.6. The van der Waals surface area contributed by atoms with Gasteiger partial charge in [-0.1, -0.05) is 6.08 Å². The Morgan fingerprint density at radius 3 is 2.64 bits per heavy atom. The molecule has 3 rings (SSSR count). The third-order valence-electron chi connectivity index (χ3n) is 4.13. The predicted molar refractivity (Wildman–Crippen MR) is 101 cm³/mol. The van der Waals surface area contributed by atoms with Crippen LogP contribution in [0.2, 0.25) is 0 Å². The number of halogens is 1. The van der Waals surface area contributed by atoms with E-state index in [4.69, 9.17) is 14.2 Å². The number of aromatic amines is 1. The van der Waals surface area contributed by atoms with Crippen molar-refractivity contribution in [1.29, 1.82) is 0 Å². The Bertz CT molecular complexity index is 818. The van der Waals surface area contributed by atoms with E-state index in [9.17, 15) is 9.59 Å². The van der Waals surface area contributed by atoms with Gasteiger partial charge in [-0.15, -0.1) is 0 Å². The van der Waals surface area contributed by atoms with Gasteiger partial charge in [0.05, 0.1) is 21.8 Å².